The van der Waals surface area contributed by atoms with Gasteiger partial charge in [-0.1, -0.05) is 0 Å². The summed E-state index contributed by atoms with van der Waals surface area (Å²) >= 11 is 0. The number of carbonyl (C=O) groups is 1. The minimum absolute atomic E-state index is 0.587. The third-order valence-electron chi connectivity index (χ3n) is 2.69. The molecule has 0 aromatic rings. The number of halogens is 3. The second-order valence-corrected chi connectivity index (χ2v) is 4.25. The van der Waals surface area contributed by atoms with Gasteiger partial charge in [-0.3, -0.25) is 0 Å². The molecule has 0 aliphatic carbocycles. The van der Waals surface area contributed by atoms with Gasteiger partial charge in [-0.25, -0.2) is 4.79 Å². The number of aliphatic carboxylic acids is 1. The minimum atomic E-state index is -5.08. The Balaban J connectivity index is 0.000000246. The van der Waals surface area contributed by atoms with Gasteiger partial charge in [0.25, 0.3) is 0 Å². The molecule has 2 rings (SSSR count). The van der Waals surface area contributed by atoms with E-state index >= 15 is 0 Å². The summed E-state index contributed by atoms with van der Waals surface area (Å²) in [6.07, 6.45) is -0.712. The largest absolute Gasteiger partial charge is 0.490 e. The molecular weight excluding hydrogens is 281 g/mol. The van der Waals surface area contributed by atoms with Gasteiger partial charge in [0, 0.05) is 6.04 Å². The molecule has 0 amide bonds. The van der Waals surface area contributed by atoms with Gasteiger partial charge in [0.05, 0.1) is 6.54 Å². The maximum absolute atomic E-state index is 10.6. The molecule has 6 nitrogen and oxygen atoms in total. The third kappa shape index (κ3) is 6.73. The third-order valence-corrected chi connectivity index (χ3v) is 2.69. The van der Waals surface area contributed by atoms with Gasteiger partial charge < -0.3 is 20.6 Å². The Labute approximate surface area is 113 Å². The van der Waals surface area contributed by atoms with Gasteiger partial charge in [-0.2, -0.15) is 18.1 Å². The fourth-order valence-corrected chi connectivity index (χ4v) is 1.64. The molecule has 20 heavy (non-hydrogen) atoms. The molecule has 2 heterocycles. The van der Waals surface area contributed by atoms with Crippen molar-refractivity contribution < 1.29 is 32.8 Å². The number of carboxylic acids is 1. The molecule has 2 aliphatic rings. The van der Waals surface area contributed by atoms with Crippen LogP contribution in [0.5, 0.6) is 0 Å². The zero-order chi connectivity index (χ0) is 15.0. The lowest BCUT2D eigenvalue weighted by atomic mass is 10.1. The highest BCUT2D eigenvalue weighted by Gasteiger charge is 2.38. The van der Waals surface area contributed by atoms with E-state index in [1.54, 1.807) is 0 Å². The molecule has 116 valence electrons. The smallest absolute Gasteiger partial charge is 0.475 e. The maximum Gasteiger partial charge on any atom is 0.490 e. The standard InChI is InChI=1S/C9H16N2O2.C2HF3O2/c1-4-10-5-2-8(1)11-7-9-3-6-12-13-9;3-2(4,5)1(6)7/h3,8,10-11H,1-2,4-7H2;(H,6,7). The average Bonchev–Trinajstić information content (AvgIpc) is 2.90. The molecule has 0 bridgehead atoms. The van der Waals surface area contributed by atoms with E-state index in [1.165, 1.54) is 12.8 Å². The van der Waals surface area contributed by atoms with Crippen molar-refractivity contribution in [2.24, 2.45) is 0 Å². The Morgan fingerprint density at radius 1 is 1.45 bits per heavy atom. The summed E-state index contributed by atoms with van der Waals surface area (Å²) in [7, 11) is 0. The average molecular weight is 298 g/mol. The van der Waals surface area contributed by atoms with E-state index in [9.17, 15) is 13.2 Å². The number of nitrogens with one attached hydrogen (secondary N) is 2. The number of carboxylic acid groups (broad SMARTS) is 1. The van der Waals surface area contributed by atoms with Crippen molar-refractivity contribution in [3.05, 3.63) is 11.8 Å². The van der Waals surface area contributed by atoms with Crippen molar-refractivity contribution in [2.75, 3.05) is 26.2 Å². The lowest BCUT2D eigenvalue weighted by molar-refractivity contribution is -0.234. The molecule has 0 unspecified atom stereocenters. The summed E-state index contributed by atoms with van der Waals surface area (Å²) in [6, 6.07) is 0.631. The molecule has 2 aliphatic heterocycles. The highest BCUT2D eigenvalue weighted by Crippen LogP contribution is 2.13. The molecule has 0 spiro atoms. The normalized spacial score (nSPS) is 19.6. The van der Waals surface area contributed by atoms with E-state index in [4.69, 9.17) is 19.7 Å². The molecular formula is C11H17F3N2O4. The molecule has 0 radical (unpaired) electrons. The van der Waals surface area contributed by atoms with Crippen LogP contribution in [0.25, 0.3) is 0 Å². The van der Waals surface area contributed by atoms with Crippen molar-refractivity contribution in [3.63, 3.8) is 0 Å². The lowest BCUT2D eigenvalue weighted by Gasteiger charge is -2.23. The van der Waals surface area contributed by atoms with Crippen LogP contribution in [0.3, 0.4) is 0 Å². The first-order valence-corrected chi connectivity index (χ1v) is 6.12. The second kappa shape index (κ2) is 8.08. The zero-order valence-corrected chi connectivity index (χ0v) is 10.7. The summed E-state index contributed by atoms with van der Waals surface area (Å²) in [5.74, 6) is -1.84. The van der Waals surface area contributed by atoms with Crippen molar-refractivity contribution in [1.82, 2.24) is 10.6 Å². The lowest BCUT2D eigenvalue weighted by Crippen LogP contribution is -2.40. The van der Waals surface area contributed by atoms with Gasteiger partial charge >= 0.3 is 12.1 Å². The van der Waals surface area contributed by atoms with Crippen LogP contribution >= 0.6 is 0 Å². The van der Waals surface area contributed by atoms with E-state index in [1.807, 2.05) is 6.08 Å². The number of rotatable bonds is 3. The molecule has 0 atom stereocenters. The number of piperidine rings is 1. The Morgan fingerprint density at radius 3 is 2.50 bits per heavy atom. The molecule has 0 aromatic heterocycles. The summed E-state index contributed by atoms with van der Waals surface area (Å²) < 4.78 is 31.7. The minimum Gasteiger partial charge on any atom is -0.475 e. The Bertz CT molecular complexity index is 341. The van der Waals surface area contributed by atoms with Crippen molar-refractivity contribution in [1.29, 1.82) is 0 Å². The van der Waals surface area contributed by atoms with Crippen LogP contribution in [-0.4, -0.2) is 49.5 Å². The quantitative estimate of drug-likeness (QED) is 0.669. The van der Waals surface area contributed by atoms with Crippen molar-refractivity contribution >= 4 is 5.97 Å². The Hall–Kier alpha value is -1.32. The summed E-state index contributed by atoms with van der Waals surface area (Å²) in [5, 5.41) is 13.9. The van der Waals surface area contributed by atoms with Crippen molar-refractivity contribution in [3.8, 4) is 0 Å². The van der Waals surface area contributed by atoms with E-state index in [-0.39, 0.29) is 0 Å². The van der Waals surface area contributed by atoms with Crippen LogP contribution in [0.1, 0.15) is 12.8 Å². The van der Waals surface area contributed by atoms with Crippen LogP contribution in [0.15, 0.2) is 11.8 Å². The topological polar surface area (TPSA) is 79.8 Å². The highest BCUT2D eigenvalue weighted by atomic mass is 19.4. The van der Waals surface area contributed by atoms with E-state index < -0.39 is 12.1 Å². The first-order valence-electron chi connectivity index (χ1n) is 6.12. The van der Waals surface area contributed by atoms with E-state index in [0.29, 0.717) is 12.6 Å². The highest BCUT2D eigenvalue weighted by molar-refractivity contribution is 5.73. The summed E-state index contributed by atoms with van der Waals surface area (Å²) in [4.78, 5) is 18.6. The summed E-state index contributed by atoms with van der Waals surface area (Å²) in [6.45, 7) is 3.62. The monoisotopic (exact) mass is 298 g/mol. The van der Waals surface area contributed by atoms with Crippen molar-refractivity contribution in [2.45, 2.75) is 25.1 Å². The fourth-order valence-electron chi connectivity index (χ4n) is 1.64. The Kier molecular flexibility index (Phi) is 6.76. The van der Waals surface area contributed by atoms with Crippen LogP contribution in [-0.2, 0) is 14.6 Å². The maximum atomic E-state index is 10.6. The predicted molar refractivity (Wildman–Crippen MR) is 62.7 cm³/mol. The SMILES string of the molecule is C1=C(CNC2CCNCC2)OOC1.O=C(O)C(F)(F)F. The zero-order valence-electron chi connectivity index (χ0n) is 10.7. The fraction of sp³-hybridized carbons (Fsp3) is 0.727. The Morgan fingerprint density at radius 2 is 2.05 bits per heavy atom. The summed E-state index contributed by atoms with van der Waals surface area (Å²) in [5.41, 5.74) is 0. The van der Waals surface area contributed by atoms with Gasteiger partial charge in [0.2, 0.25) is 0 Å². The predicted octanol–water partition coefficient (Wildman–Crippen LogP) is 0.807. The molecule has 3 N–H and O–H groups in total. The van der Waals surface area contributed by atoms with Crippen LogP contribution in [0.2, 0.25) is 0 Å². The number of hydrogen-bond donors (Lipinski definition) is 3. The molecule has 0 aromatic carbocycles. The van der Waals surface area contributed by atoms with Gasteiger partial charge in [0.15, 0.2) is 5.76 Å². The second-order valence-electron chi connectivity index (χ2n) is 4.25. The first-order chi connectivity index (χ1) is 9.39. The van der Waals surface area contributed by atoms with Gasteiger partial charge in [-0.05, 0) is 32.0 Å². The molecule has 1 saturated heterocycles. The van der Waals surface area contributed by atoms with Crippen LogP contribution < -0.4 is 10.6 Å². The number of alkyl halides is 3. The molecule has 9 heteroatoms. The number of hydrogen-bond acceptors (Lipinski definition) is 5. The first kappa shape index (κ1) is 16.7. The van der Waals surface area contributed by atoms with Crippen LogP contribution in [0.4, 0.5) is 13.2 Å². The van der Waals surface area contributed by atoms with Crippen LogP contribution in [0, 0.1) is 0 Å². The molecule has 0 saturated carbocycles. The van der Waals surface area contributed by atoms with E-state index in [0.717, 1.165) is 25.4 Å². The van der Waals surface area contributed by atoms with E-state index in [2.05, 4.69) is 10.6 Å². The van der Waals surface area contributed by atoms with Gasteiger partial charge in [-0.15, -0.1) is 0 Å². The molecule has 1 fully saturated rings. The van der Waals surface area contributed by atoms with Gasteiger partial charge in [0.1, 0.15) is 6.61 Å².